The number of likely N-dealkylation sites (tertiary alicyclic amines) is 1. The molecule has 0 radical (unpaired) electrons. The van der Waals surface area contributed by atoms with E-state index < -0.39 is 6.04 Å². The van der Waals surface area contributed by atoms with E-state index >= 15 is 0 Å². The molecule has 0 unspecified atom stereocenters. The quantitative estimate of drug-likeness (QED) is 0.612. The summed E-state index contributed by atoms with van der Waals surface area (Å²) in [4.78, 5) is 44.3. The van der Waals surface area contributed by atoms with Gasteiger partial charge in [0.2, 0.25) is 17.7 Å². The van der Waals surface area contributed by atoms with Gasteiger partial charge in [0.15, 0.2) is 0 Å². The first kappa shape index (κ1) is 25.7. The molecule has 0 bridgehead atoms. The van der Waals surface area contributed by atoms with Crippen molar-refractivity contribution in [3.8, 4) is 0 Å². The maximum atomic E-state index is 13.4. The largest absolute Gasteiger partial charge is 0.378 e. The molecule has 0 aromatic heterocycles. The Morgan fingerprint density at radius 1 is 1.00 bits per heavy atom. The van der Waals surface area contributed by atoms with E-state index in [1.165, 1.54) is 6.92 Å². The number of morpholine rings is 1. The molecule has 3 amide bonds. The number of hydrogen-bond acceptors (Lipinski definition) is 6. The maximum Gasteiger partial charge on any atom is 0.239 e. The summed E-state index contributed by atoms with van der Waals surface area (Å²) in [6, 6.07) is 16.3. The predicted molar refractivity (Wildman–Crippen MR) is 139 cm³/mol. The predicted octanol–water partition coefficient (Wildman–Crippen LogP) is 1.87. The molecule has 0 saturated carbocycles. The number of anilines is 2. The van der Waals surface area contributed by atoms with Crippen molar-refractivity contribution in [1.82, 2.24) is 15.1 Å². The normalized spacial score (nSPS) is 22.2. The fourth-order valence-corrected chi connectivity index (χ4v) is 5.17. The average Bonchev–Trinajstić information content (AvgIpc) is 3.21. The minimum Gasteiger partial charge on any atom is -0.378 e. The monoisotopic (exact) mass is 493 g/mol. The van der Waals surface area contributed by atoms with Crippen molar-refractivity contribution in [3.63, 3.8) is 0 Å². The molecular weight excluding hydrogens is 458 g/mol. The number of rotatable bonds is 7. The lowest BCUT2D eigenvalue weighted by atomic mass is 9.99. The Hall–Kier alpha value is -3.43. The number of hydrogen-bond donors (Lipinski definition) is 2. The number of nitrogens with one attached hydrogen (secondary N) is 2. The summed E-state index contributed by atoms with van der Waals surface area (Å²) in [5, 5.41) is 6.09. The van der Waals surface area contributed by atoms with Gasteiger partial charge in [-0.1, -0.05) is 42.5 Å². The number of para-hydroxylation sites is 2. The summed E-state index contributed by atoms with van der Waals surface area (Å²) in [7, 11) is 3.42. The molecule has 192 valence electrons. The molecule has 0 spiro atoms. The number of benzene rings is 2. The second-order valence-corrected chi connectivity index (χ2v) is 9.48. The number of likely N-dealkylation sites (N-methyl/N-ethyl adjacent to an activating group) is 1. The zero-order chi connectivity index (χ0) is 25.7. The van der Waals surface area contributed by atoms with Crippen molar-refractivity contribution in [1.29, 1.82) is 0 Å². The van der Waals surface area contributed by atoms with Crippen LogP contribution in [0.4, 0.5) is 11.4 Å². The van der Waals surface area contributed by atoms with E-state index in [9.17, 15) is 14.4 Å². The lowest BCUT2D eigenvalue weighted by molar-refractivity contribution is -0.134. The third-order valence-electron chi connectivity index (χ3n) is 6.73. The molecule has 2 aliphatic heterocycles. The van der Waals surface area contributed by atoms with Gasteiger partial charge < -0.3 is 25.2 Å². The molecule has 2 heterocycles. The summed E-state index contributed by atoms with van der Waals surface area (Å²) in [6.07, 6.45) is 0.424. The van der Waals surface area contributed by atoms with Crippen LogP contribution >= 0.6 is 0 Å². The molecule has 2 N–H and O–H groups in total. The van der Waals surface area contributed by atoms with E-state index in [2.05, 4.69) is 15.5 Å². The molecule has 2 aromatic carbocycles. The fourth-order valence-electron chi connectivity index (χ4n) is 5.17. The van der Waals surface area contributed by atoms with Gasteiger partial charge in [-0.05, 0) is 24.1 Å². The second kappa shape index (κ2) is 11.5. The summed E-state index contributed by atoms with van der Waals surface area (Å²) < 4.78 is 5.47. The topological polar surface area (TPSA) is 94.2 Å². The fraction of sp³-hybridized carbons (Fsp3) is 0.444. The van der Waals surface area contributed by atoms with Crippen LogP contribution in [-0.2, 0) is 19.1 Å². The lowest BCUT2D eigenvalue weighted by Crippen LogP contribution is -2.47. The molecule has 0 aliphatic carbocycles. The molecule has 2 fully saturated rings. The molecule has 2 aliphatic rings. The van der Waals surface area contributed by atoms with Gasteiger partial charge in [-0.2, -0.15) is 0 Å². The molecular formula is C27H35N5O4. The average molecular weight is 494 g/mol. The molecule has 9 nitrogen and oxygen atoms in total. The van der Waals surface area contributed by atoms with Gasteiger partial charge in [-0.15, -0.1) is 0 Å². The number of ether oxygens (including phenoxy) is 1. The van der Waals surface area contributed by atoms with Crippen LogP contribution < -0.4 is 15.5 Å². The van der Waals surface area contributed by atoms with Crippen molar-refractivity contribution < 1.29 is 19.1 Å². The third-order valence-corrected chi connectivity index (χ3v) is 6.73. The second-order valence-electron chi connectivity index (χ2n) is 9.48. The molecule has 9 heteroatoms. The molecule has 36 heavy (non-hydrogen) atoms. The maximum absolute atomic E-state index is 13.4. The van der Waals surface area contributed by atoms with Gasteiger partial charge in [0.25, 0.3) is 0 Å². The smallest absolute Gasteiger partial charge is 0.239 e. The zero-order valence-corrected chi connectivity index (χ0v) is 21.1. The van der Waals surface area contributed by atoms with E-state index in [-0.39, 0.29) is 36.3 Å². The van der Waals surface area contributed by atoms with Crippen LogP contribution in [0.5, 0.6) is 0 Å². The SMILES string of the molecule is CC(=O)N[C@H]1C[C@@H](C(=O)N(C)C)N(CC(=O)Nc2ccccc2N2CCOCC2)[C@H]1c1ccccc1. The first-order valence-electron chi connectivity index (χ1n) is 12.4. The Morgan fingerprint density at radius 3 is 2.33 bits per heavy atom. The van der Waals surface area contributed by atoms with Gasteiger partial charge in [0, 0.05) is 34.1 Å². The summed E-state index contributed by atoms with van der Waals surface area (Å²) >= 11 is 0. The van der Waals surface area contributed by atoms with Crippen LogP contribution in [-0.4, -0.2) is 86.5 Å². The number of amides is 3. The standard InChI is InChI=1S/C27H35N5O4/c1-19(33)28-22-17-24(27(35)30(2)3)32(26(22)20-9-5-4-6-10-20)18-25(34)29-21-11-7-8-12-23(21)31-13-15-36-16-14-31/h4-12,22,24,26H,13-18H2,1-3H3,(H,28,33)(H,29,34)/t22-,24-,26-/m0/s1. The van der Waals surface area contributed by atoms with Crippen LogP contribution in [0.15, 0.2) is 54.6 Å². The van der Waals surface area contributed by atoms with Gasteiger partial charge in [-0.3, -0.25) is 19.3 Å². The van der Waals surface area contributed by atoms with Crippen molar-refractivity contribution >= 4 is 29.1 Å². The van der Waals surface area contributed by atoms with E-state index in [0.717, 1.165) is 30.0 Å². The molecule has 2 saturated heterocycles. The highest BCUT2D eigenvalue weighted by Gasteiger charge is 2.46. The lowest BCUT2D eigenvalue weighted by Gasteiger charge is -2.32. The third kappa shape index (κ3) is 5.85. The zero-order valence-electron chi connectivity index (χ0n) is 21.1. The molecule has 4 rings (SSSR count). The van der Waals surface area contributed by atoms with Crippen molar-refractivity contribution in [2.45, 2.75) is 31.5 Å². The van der Waals surface area contributed by atoms with Crippen LogP contribution in [0.3, 0.4) is 0 Å². The van der Waals surface area contributed by atoms with Crippen molar-refractivity contribution in [2.75, 3.05) is 57.2 Å². The summed E-state index contributed by atoms with van der Waals surface area (Å²) in [6.45, 7) is 4.29. The highest BCUT2D eigenvalue weighted by atomic mass is 16.5. The number of nitrogens with zero attached hydrogens (tertiary/aromatic N) is 3. The molecule has 3 atom stereocenters. The van der Waals surface area contributed by atoms with Gasteiger partial charge >= 0.3 is 0 Å². The molecule has 2 aromatic rings. The summed E-state index contributed by atoms with van der Waals surface area (Å²) in [5.74, 6) is -0.468. The van der Waals surface area contributed by atoms with Gasteiger partial charge in [0.05, 0.1) is 49.3 Å². The minimum atomic E-state index is -0.540. The number of carbonyl (C=O) groups is 3. The Labute approximate surface area is 212 Å². The number of carbonyl (C=O) groups excluding carboxylic acids is 3. The van der Waals surface area contributed by atoms with Crippen molar-refractivity contribution in [2.24, 2.45) is 0 Å². The van der Waals surface area contributed by atoms with E-state index in [1.807, 2.05) is 59.5 Å². The van der Waals surface area contributed by atoms with E-state index in [1.54, 1.807) is 19.0 Å². The first-order valence-corrected chi connectivity index (χ1v) is 12.4. The van der Waals surface area contributed by atoms with Crippen LogP contribution in [0, 0.1) is 0 Å². The Balaban J connectivity index is 1.61. The van der Waals surface area contributed by atoms with Crippen molar-refractivity contribution in [3.05, 3.63) is 60.2 Å². The van der Waals surface area contributed by atoms with Crippen LogP contribution in [0.25, 0.3) is 0 Å². The van der Waals surface area contributed by atoms with E-state index in [0.29, 0.717) is 19.6 Å². The van der Waals surface area contributed by atoms with Gasteiger partial charge in [-0.25, -0.2) is 0 Å². The minimum absolute atomic E-state index is 0.0112. The van der Waals surface area contributed by atoms with Gasteiger partial charge in [0.1, 0.15) is 0 Å². The van der Waals surface area contributed by atoms with E-state index in [4.69, 9.17) is 4.74 Å². The Morgan fingerprint density at radius 2 is 1.67 bits per heavy atom. The summed E-state index contributed by atoms with van der Waals surface area (Å²) in [5.41, 5.74) is 2.63. The Kier molecular flexibility index (Phi) is 8.22. The highest BCUT2D eigenvalue weighted by molar-refractivity contribution is 5.96. The Bertz CT molecular complexity index is 1070. The van der Waals surface area contributed by atoms with Crippen LogP contribution in [0.2, 0.25) is 0 Å². The highest BCUT2D eigenvalue weighted by Crippen LogP contribution is 2.37. The van der Waals surface area contributed by atoms with Crippen LogP contribution in [0.1, 0.15) is 24.9 Å². The first-order chi connectivity index (χ1) is 17.3.